The maximum absolute atomic E-state index is 11.6. The number of pyridine rings is 1. The Morgan fingerprint density at radius 3 is 2.79 bits per heavy atom. The standard InChI is InChI=1S/C11H12BrN3O4/c1-11(2)4-8(10(16)19-11)14-9-7(12)3-6(5-13-9)15(17)18/h3,5,8H,4H2,1-2H3,(H,13,14). The summed E-state index contributed by atoms with van der Waals surface area (Å²) in [6.45, 7) is 3.65. The highest BCUT2D eigenvalue weighted by Crippen LogP contribution is 2.30. The van der Waals surface area contributed by atoms with E-state index in [2.05, 4.69) is 26.2 Å². The fraction of sp³-hybridized carbons (Fsp3) is 0.455. The quantitative estimate of drug-likeness (QED) is 0.519. The second kappa shape index (κ2) is 4.76. The number of nitro groups is 1. The molecular formula is C11H12BrN3O4. The third kappa shape index (κ3) is 3.01. The molecule has 102 valence electrons. The number of anilines is 1. The summed E-state index contributed by atoms with van der Waals surface area (Å²) in [6.07, 6.45) is 1.65. The molecular weight excluding hydrogens is 318 g/mol. The maximum Gasteiger partial charge on any atom is 0.329 e. The normalized spacial score (nSPS) is 21.0. The number of hydrogen-bond acceptors (Lipinski definition) is 6. The minimum atomic E-state index is -0.533. The zero-order chi connectivity index (χ0) is 14.2. The number of cyclic esters (lactones) is 1. The van der Waals surface area contributed by atoms with Gasteiger partial charge in [0.1, 0.15) is 23.7 Å². The van der Waals surface area contributed by atoms with E-state index in [-0.39, 0.29) is 11.7 Å². The van der Waals surface area contributed by atoms with Crippen LogP contribution in [0.4, 0.5) is 11.5 Å². The van der Waals surface area contributed by atoms with Crippen LogP contribution in [0.3, 0.4) is 0 Å². The predicted molar refractivity (Wildman–Crippen MR) is 70.8 cm³/mol. The van der Waals surface area contributed by atoms with Crippen LogP contribution in [-0.4, -0.2) is 27.5 Å². The Hall–Kier alpha value is -1.70. The van der Waals surface area contributed by atoms with Gasteiger partial charge in [0.25, 0.3) is 5.69 Å². The van der Waals surface area contributed by atoms with E-state index in [0.29, 0.717) is 16.7 Å². The number of aromatic nitrogens is 1. The Balaban J connectivity index is 2.16. The molecule has 19 heavy (non-hydrogen) atoms. The van der Waals surface area contributed by atoms with Gasteiger partial charge in [-0.25, -0.2) is 9.78 Å². The summed E-state index contributed by atoms with van der Waals surface area (Å²) >= 11 is 3.19. The molecule has 7 nitrogen and oxygen atoms in total. The first-order chi connectivity index (χ1) is 8.78. The smallest absolute Gasteiger partial charge is 0.329 e. The number of nitrogens with one attached hydrogen (secondary N) is 1. The third-order valence-electron chi connectivity index (χ3n) is 2.71. The van der Waals surface area contributed by atoms with Gasteiger partial charge in [0.05, 0.1) is 9.40 Å². The zero-order valence-corrected chi connectivity index (χ0v) is 11.9. The van der Waals surface area contributed by atoms with Crippen molar-refractivity contribution < 1.29 is 14.5 Å². The van der Waals surface area contributed by atoms with Crippen LogP contribution in [0.1, 0.15) is 20.3 Å². The summed E-state index contributed by atoms with van der Waals surface area (Å²) in [4.78, 5) is 25.6. The topological polar surface area (TPSA) is 94.4 Å². The van der Waals surface area contributed by atoms with E-state index in [4.69, 9.17) is 4.74 Å². The summed E-state index contributed by atoms with van der Waals surface area (Å²) in [7, 11) is 0. The highest BCUT2D eigenvalue weighted by Gasteiger charge is 2.40. The molecule has 0 bridgehead atoms. The lowest BCUT2D eigenvalue weighted by molar-refractivity contribution is -0.385. The van der Waals surface area contributed by atoms with Crippen LogP contribution in [-0.2, 0) is 9.53 Å². The van der Waals surface area contributed by atoms with Crippen LogP contribution in [0.15, 0.2) is 16.7 Å². The average Bonchev–Trinajstić information content (AvgIpc) is 2.54. The lowest BCUT2D eigenvalue weighted by atomic mass is 10.0. The van der Waals surface area contributed by atoms with E-state index in [1.54, 1.807) is 0 Å². The van der Waals surface area contributed by atoms with Crippen molar-refractivity contribution in [1.82, 2.24) is 4.98 Å². The number of ether oxygens (including phenoxy) is 1. The molecule has 0 amide bonds. The second-order valence-electron chi connectivity index (χ2n) is 4.86. The Morgan fingerprint density at radius 1 is 1.63 bits per heavy atom. The maximum atomic E-state index is 11.6. The number of rotatable bonds is 3. The van der Waals surface area contributed by atoms with Gasteiger partial charge in [-0.15, -0.1) is 0 Å². The van der Waals surface area contributed by atoms with Gasteiger partial charge in [0, 0.05) is 12.5 Å². The van der Waals surface area contributed by atoms with E-state index in [1.807, 2.05) is 13.8 Å². The molecule has 2 heterocycles. The Kier molecular flexibility index (Phi) is 3.44. The molecule has 0 aliphatic carbocycles. The van der Waals surface area contributed by atoms with Crippen molar-refractivity contribution in [3.8, 4) is 0 Å². The first-order valence-electron chi connectivity index (χ1n) is 5.58. The molecule has 1 unspecified atom stereocenters. The van der Waals surface area contributed by atoms with Crippen molar-refractivity contribution >= 4 is 33.4 Å². The molecule has 0 saturated carbocycles. The summed E-state index contributed by atoms with van der Waals surface area (Å²) < 4.78 is 5.61. The highest BCUT2D eigenvalue weighted by atomic mass is 79.9. The molecule has 1 aliphatic heterocycles. The van der Waals surface area contributed by atoms with Gasteiger partial charge in [-0.05, 0) is 29.8 Å². The molecule has 1 aromatic rings. The van der Waals surface area contributed by atoms with E-state index < -0.39 is 16.6 Å². The minimum Gasteiger partial charge on any atom is -0.458 e. The average molecular weight is 330 g/mol. The van der Waals surface area contributed by atoms with Crippen molar-refractivity contribution in [2.45, 2.75) is 31.9 Å². The largest absolute Gasteiger partial charge is 0.458 e. The van der Waals surface area contributed by atoms with Crippen LogP contribution >= 0.6 is 15.9 Å². The van der Waals surface area contributed by atoms with E-state index in [0.717, 1.165) is 6.20 Å². The van der Waals surface area contributed by atoms with Crippen molar-refractivity contribution in [1.29, 1.82) is 0 Å². The molecule has 1 N–H and O–H groups in total. The van der Waals surface area contributed by atoms with Crippen LogP contribution < -0.4 is 5.32 Å². The monoisotopic (exact) mass is 329 g/mol. The molecule has 1 aliphatic rings. The van der Waals surface area contributed by atoms with Gasteiger partial charge in [0.2, 0.25) is 0 Å². The molecule has 8 heteroatoms. The molecule has 0 radical (unpaired) electrons. The fourth-order valence-corrected chi connectivity index (χ4v) is 2.32. The number of hydrogen-bond donors (Lipinski definition) is 1. The zero-order valence-electron chi connectivity index (χ0n) is 10.3. The molecule has 1 saturated heterocycles. The first-order valence-corrected chi connectivity index (χ1v) is 6.37. The lowest BCUT2D eigenvalue weighted by Gasteiger charge is -2.14. The van der Waals surface area contributed by atoms with Crippen LogP contribution in [0, 0.1) is 10.1 Å². The SMILES string of the molecule is CC1(C)CC(Nc2ncc([N+](=O)[O-])cc2Br)C(=O)O1. The third-order valence-corrected chi connectivity index (χ3v) is 3.31. The first kappa shape index (κ1) is 13.7. The highest BCUT2D eigenvalue weighted by molar-refractivity contribution is 9.10. The van der Waals surface area contributed by atoms with Gasteiger partial charge >= 0.3 is 5.97 Å². The van der Waals surface area contributed by atoms with Gasteiger partial charge < -0.3 is 10.1 Å². The van der Waals surface area contributed by atoms with Crippen LogP contribution in [0.5, 0.6) is 0 Å². The van der Waals surface area contributed by atoms with Crippen LogP contribution in [0.2, 0.25) is 0 Å². The molecule has 2 rings (SSSR count). The number of halogens is 1. The van der Waals surface area contributed by atoms with Crippen LogP contribution in [0.25, 0.3) is 0 Å². The van der Waals surface area contributed by atoms with Crippen molar-refractivity contribution in [2.75, 3.05) is 5.32 Å². The molecule has 0 aromatic carbocycles. The number of carbonyl (C=O) groups excluding carboxylic acids is 1. The summed E-state index contributed by atoms with van der Waals surface area (Å²) in [5.41, 5.74) is -0.631. The second-order valence-corrected chi connectivity index (χ2v) is 5.72. The number of esters is 1. The van der Waals surface area contributed by atoms with Crippen molar-refractivity contribution in [2.24, 2.45) is 0 Å². The Morgan fingerprint density at radius 2 is 2.32 bits per heavy atom. The van der Waals surface area contributed by atoms with E-state index in [9.17, 15) is 14.9 Å². The molecule has 1 atom stereocenters. The fourth-order valence-electron chi connectivity index (χ4n) is 1.87. The van der Waals surface area contributed by atoms with Gasteiger partial charge in [0.15, 0.2) is 0 Å². The Labute approximate surface area is 117 Å². The van der Waals surface area contributed by atoms with E-state index in [1.165, 1.54) is 6.07 Å². The van der Waals surface area contributed by atoms with Gasteiger partial charge in [-0.2, -0.15) is 0 Å². The van der Waals surface area contributed by atoms with Gasteiger partial charge in [-0.1, -0.05) is 0 Å². The van der Waals surface area contributed by atoms with Gasteiger partial charge in [-0.3, -0.25) is 10.1 Å². The molecule has 0 spiro atoms. The minimum absolute atomic E-state index is 0.119. The van der Waals surface area contributed by atoms with E-state index >= 15 is 0 Å². The number of carbonyl (C=O) groups is 1. The summed E-state index contributed by atoms with van der Waals surface area (Å²) in [5, 5.41) is 13.5. The lowest BCUT2D eigenvalue weighted by Crippen LogP contribution is -2.25. The molecule has 1 aromatic heterocycles. The summed E-state index contributed by atoms with van der Waals surface area (Å²) in [5.74, 6) is 0.0299. The Bertz CT molecular complexity index is 547. The van der Waals surface area contributed by atoms with Crippen molar-refractivity contribution in [3.05, 3.63) is 26.9 Å². The molecule has 1 fully saturated rings. The number of nitrogens with zero attached hydrogens (tertiary/aromatic N) is 2. The predicted octanol–water partition coefficient (Wildman–Crippen LogP) is 2.26. The van der Waals surface area contributed by atoms with Crippen molar-refractivity contribution in [3.63, 3.8) is 0 Å². The summed E-state index contributed by atoms with van der Waals surface area (Å²) in [6, 6.07) is 0.834.